The van der Waals surface area contributed by atoms with E-state index in [2.05, 4.69) is 25.8 Å². The van der Waals surface area contributed by atoms with Crippen LogP contribution in [0.25, 0.3) is 0 Å². The lowest BCUT2D eigenvalue weighted by molar-refractivity contribution is 0.965. The summed E-state index contributed by atoms with van der Waals surface area (Å²) in [6.45, 7) is 0. The first-order valence-corrected chi connectivity index (χ1v) is 6.65. The van der Waals surface area contributed by atoms with Crippen LogP contribution < -0.4 is 10.6 Å². The predicted molar refractivity (Wildman–Crippen MR) is 76.2 cm³/mol. The van der Waals surface area contributed by atoms with Crippen molar-refractivity contribution in [3.63, 3.8) is 0 Å². The minimum Gasteiger partial charge on any atom is -0.366 e. The third kappa shape index (κ3) is 3.05. The summed E-state index contributed by atoms with van der Waals surface area (Å²) in [6, 6.07) is 5.84. The Hall–Kier alpha value is -1.59. The fraction of sp³-hybridized carbons (Fsp3) is 0.250. The quantitative estimate of drug-likeness (QED) is 0.904. The highest BCUT2D eigenvalue weighted by Crippen LogP contribution is 2.31. The zero-order valence-corrected chi connectivity index (χ0v) is 11.4. The van der Waals surface area contributed by atoms with Crippen LogP contribution in [0.1, 0.15) is 12.8 Å². The molecule has 5 nitrogen and oxygen atoms in total. The van der Waals surface area contributed by atoms with Crippen LogP contribution in [-0.4, -0.2) is 21.2 Å². The van der Waals surface area contributed by atoms with Crippen molar-refractivity contribution in [2.45, 2.75) is 18.9 Å². The molecule has 0 radical (unpaired) electrons. The van der Waals surface area contributed by atoms with Crippen LogP contribution in [-0.2, 0) is 0 Å². The maximum atomic E-state index is 6.09. The molecule has 1 fully saturated rings. The van der Waals surface area contributed by atoms with E-state index >= 15 is 0 Å². The van der Waals surface area contributed by atoms with Crippen molar-refractivity contribution in [2.24, 2.45) is 0 Å². The second-order valence-electron chi connectivity index (χ2n) is 4.31. The van der Waals surface area contributed by atoms with Gasteiger partial charge in [-0.2, -0.15) is 10.1 Å². The lowest BCUT2D eigenvalue weighted by Crippen LogP contribution is -2.07. The monoisotopic (exact) mass is 295 g/mol. The summed E-state index contributed by atoms with van der Waals surface area (Å²) in [5.41, 5.74) is 0.652. The molecule has 1 saturated carbocycles. The van der Waals surface area contributed by atoms with Gasteiger partial charge in [0, 0.05) is 6.04 Å². The zero-order chi connectivity index (χ0) is 13.2. The van der Waals surface area contributed by atoms with Crippen LogP contribution >= 0.6 is 23.2 Å². The Morgan fingerprint density at radius 3 is 2.84 bits per heavy atom. The van der Waals surface area contributed by atoms with Crippen LogP contribution in [0.5, 0.6) is 0 Å². The maximum absolute atomic E-state index is 6.09. The number of rotatable bonds is 4. The smallest absolute Gasteiger partial charge is 0.249 e. The van der Waals surface area contributed by atoms with Gasteiger partial charge in [0.25, 0.3) is 0 Å². The average molecular weight is 296 g/mol. The summed E-state index contributed by atoms with van der Waals surface area (Å²) < 4.78 is 0. The second-order valence-corrected chi connectivity index (χ2v) is 5.10. The zero-order valence-electron chi connectivity index (χ0n) is 9.90. The Balaban J connectivity index is 1.80. The van der Waals surface area contributed by atoms with Crippen molar-refractivity contribution in [1.82, 2.24) is 15.2 Å². The molecule has 0 amide bonds. The number of halogens is 2. The van der Waals surface area contributed by atoms with Gasteiger partial charge in [0.15, 0.2) is 5.82 Å². The number of hydrogen-bond acceptors (Lipinski definition) is 5. The Labute approximate surface area is 120 Å². The fourth-order valence-corrected chi connectivity index (χ4v) is 1.93. The molecule has 1 aliphatic carbocycles. The summed E-state index contributed by atoms with van der Waals surface area (Å²) in [5, 5.41) is 15.0. The van der Waals surface area contributed by atoms with Crippen molar-refractivity contribution < 1.29 is 0 Å². The third-order valence-corrected chi connectivity index (χ3v) is 3.51. The number of aromatic nitrogens is 3. The Kier molecular flexibility index (Phi) is 3.40. The molecule has 2 N–H and O–H groups in total. The highest BCUT2D eigenvalue weighted by molar-refractivity contribution is 6.43. The highest BCUT2D eigenvalue weighted by atomic mass is 35.5. The minimum atomic E-state index is 0.384. The van der Waals surface area contributed by atoms with E-state index in [4.69, 9.17) is 23.2 Å². The molecule has 19 heavy (non-hydrogen) atoms. The molecule has 0 bridgehead atoms. The molecule has 1 aromatic heterocycles. The topological polar surface area (TPSA) is 62.7 Å². The predicted octanol–water partition coefficient (Wildman–Crippen LogP) is 3.50. The number of nitrogens with one attached hydrogen (secondary N) is 2. The van der Waals surface area contributed by atoms with Crippen LogP contribution in [0.15, 0.2) is 24.4 Å². The molecule has 0 unspecified atom stereocenters. The molecule has 0 saturated heterocycles. The number of benzene rings is 1. The van der Waals surface area contributed by atoms with E-state index in [1.54, 1.807) is 24.4 Å². The molecule has 2 aromatic rings. The Morgan fingerprint density at radius 1 is 1.21 bits per heavy atom. The molecule has 0 spiro atoms. The highest BCUT2D eigenvalue weighted by Gasteiger charge is 2.21. The molecular formula is C12H11Cl2N5. The van der Waals surface area contributed by atoms with Gasteiger partial charge in [0.1, 0.15) is 0 Å². The van der Waals surface area contributed by atoms with Gasteiger partial charge in [-0.3, -0.25) is 0 Å². The SMILES string of the molecule is Clc1cccc(Nc2nncc(NC3CC3)n2)c1Cl. The van der Waals surface area contributed by atoms with Gasteiger partial charge in [-0.25, -0.2) is 0 Å². The van der Waals surface area contributed by atoms with Crippen LogP contribution in [0, 0.1) is 0 Å². The second kappa shape index (κ2) is 5.19. The van der Waals surface area contributed by atoms with Gasteiger partial charge < -0.3 is 10.6 Å². The standard InChI is InChI=1S/C12H11Cl2N5/c13-8-2-1-3-9(11(8)14)17-12-18-10(6-15-19-12)16-7-4-5-7/h1-3,6-7H,4-5H2,(H2,16,17,18,19). The molecule has 0 atom stereocenters. The molecular weight excluding hydrogens is 285 g/mol. The molecule has 7 heteroatoms. The Bertz CT molecular complexity index is 600. The van der Waals surface area contributed by atoms with Crippen molar-refractivity contribution in [3.8, 4) is 0 Å². The number of anilines is 3. The molecule has 1 heterocycles. The summed E-state index contributed by atoms with van der Waals surface area (Å²) in [6.07, 6.45) is 3.95. The Morgan fingerprint density at radius 2 is 2.05 bits per heavy atom. The summed E-state index contributed by atoms with van der Waals surface area (Å²) in [5.74, 6) is 1.09. The van der Waals surface area contributed by atoms with Crippen molar-refractivity contribution >= 4 is 40.7 Å². The van der Waals surface area contributed by atoms with E-state index in [9.17, 15) is 0 Å². The van der Waals surface area contributed by atoms with Crippen LogP contribution in [0.3, 0.4) is 0 Å². The lowest BCUT2D eigenvalue weighted by atomic mass is 10.3. The van der Waals surface area contributed by atoms with E-state index in [1.165, 1.54) is 12.8 Å². The minimum absolute atomic E-state index is 0.384. The molecule has 98 valence electrons. The average Bonchev–Trinajstić information content (AvgIpc) is 3.19. The largest absolute Gasteiger partial charge is 0.366 e. The van der Waals surface area contributed by atoms with Gasteiger partial charge in [0.05, 0.1) is 21.9 Å². The van der Waals surface area contributed by atoms with E-state index in [-0.39, 0.29) is 0 Å². The molecule has 1 aromatic carbocycles. The summed E-state index contributed by atoms with van der Waals surface area (Å²) in [4.78, 5) is 4.32. The molecule has 0 aliphatic heterocycles. The van der Waals surface area contributed by atoms with Crippen LogP contribution in [0.4, 0.5) is 17.5 Å². The lowest BCUT2D eigenvalue weighted by Gasteiger charge is -2.08. The van der Waals surface area contributed by atoms with Gasteiger partial charge in [-0.05, 0) is 25.0 Å². The van der Waals surface area contributed by atoms with Gasteiger partial charge in [-0.1, -0.05) is 29.3 Å². The number of hydrogen-bond donors (Lipinski definition) is 2. The van der Waals surface area contributed by atoms with E-state index in [0.29, 0.717) is 33.5 Å². The van der Waals surface area contributed by atoms with Gasteiger partial charge in [0.2, 0.25) is 5.95 Å². The third-order valence-electron chi connectivity index (χ3n) is 2.69. The van der Waals surface area contributed by atoms with Crippen molar-refractivity contribution in [3.05, 3.63) is 34.4 Å². The van der Waals surface area contributed by atoms with Crippen molar-refractivity contribution in [1.29, 1.82) is 0 Å². The summed E-state index contributed by atoms with van der Waals surface area (Å²) >= 11 is 12.0. The first-order valence-electron chi connectivity index (χ1n) is 5.89. The normalized spacial score (nSPS) is 14.2. The van der Waals surface area contributed by atoms with E-state index in [1.807, 2.05) is 0 Å². The number of nitrogens with zero attached hydrogens (tertiary/aromatic N) is 3. The van der Waals surface area contributed by atoms with E-state index < -0.39 is 0 Å². The van der Waals surface area contributed by atoms with Crippen LogP contribution in [0.2, 0.25) is 10.0 Å². The first-order chi connectivity index (χ1) is 9.22. The van der Waals surface area contributed by atoms with Crippen molar-refractivity contribution in [2.75, 3.05) is 10.6 Å². The fourth-order valence-electron chi connectivity index (χ4n) is 1.58. The van der Waals surface area contributed by atoms with Gasteiger partial charge in [-0.15, -0.1) is 5.10 Å². The first kappa shape index (κ1) is 12.4. The van der Waals surface area contributed by atoms with E-state index in [0.717, 1.165) is 0 Å². The maximum Gasteiger partial charge on any atom is 0.249 e. The van der Waals surface area contributed by atoms with Gasteiger partial charge >= 0.3 is 0 Å². The molecule has 3 rings (SSSR count). The molecule has 1 aliphatic rings. The summed E-state index contributed by atoms with van der Waals surface area (Å²) in [7, 11) is 0.